The summed E-state index contributed by atoms with van der Waals surface area (Å²) in [5.74, 6) is -0.137. The second-order valence-corrected chi connectivity index (χ2v) is 5.63. The van der Waals surface area contributed by atoms with Crippen LogP contribution in [0.3, 0.4) is 0 Å². The minimum Gasteiger partial charge on any atom is -0.391 e. The third kappa shape index (κ3) is 4.43. The number of nitrogens with zero attached hydrogens (tertiary/aromatic N) is 1. The minimum absolute atomic E-state index is 0.137. The Hall–Kier alpha value is -1.62. The third-order valence-corrected chi connectivity index (χ3v) is 3.93. The van der Waals surface area contributed by atoms with Gasteiger partial charge in [0.05, 0.1) is 29.6 Å². The fourth-order valence-corrected chi connectivity index (χ4v) is 2.70. The first kappa shape index (κ1) is 15.8. The number of hydrogen-bond donors (Lipinski definition) is 3. The van der Waals surface area contributed by atoms with E-state index in [1.807, 2.05) is 0 Å². The molecule has 0 aliphatic heterocycles. The van der Waals surface area contributed by atoms with Gasteiger partial charge in [-0.2, -0.15) is 0 Å². The third-order valence-electron chi connectivity index (χ3n) is 3.93. The van der Waals surface area contributed by atoms with E-state index in [1.165, 1.54) is 0 Å². The van der Waals surface area contributed by atoms with Gasteiger partial charge in [0.15, 0.2) is 0 Å². The molecule has 0 saturated heterocycles. The average molecular weight is 291 g/mol. The van der Waals surface area contributed by atoms with E-state index in [9.17, 15) is 9.90 Å². The maximum Gasteiger partial charge on any atom is 0.253 e. The van der Waals surface area contributed by atoms with Crippen molar-refractivity contribution in [3.05, 3.63) is 24.0 Å². The van der Waals surface area contributed by atoms with Crippen molar-refractivity contribution in [1.82, 2.24) is 10.3 Å². The normalized spacial score (nSPS) is 22.4. The van der Waals surface area contributed by atoms with Gasteiger partial charge in [-0.15, -0.1) is 0 Å². The summed E-state index contributed by atoms with van der Waals surface area (Å²) < 4.78 is 0. The molecule has 2 unspecified atom stereocenters. The molecule has 0 aromatic carbocycles. The van der Waals surface area contributed by atoms with E-state index < -0.39 is 6.10 Å². The number of nitrogens with one attached hydrogen (secondary N) is 2. The molecule has 2 atom stereocenters. The number of aromatic nitrogens is 1. The molecular formula is C16H25N3O2. The van der Waals surface area contributed by atoms with Gasteiger partial charge in [-0.05, 0) is 25.3 Å². The zero-order chi connectivity index (χ0) is 15.1. The van der Waals surface area contributed by atoms with Gasteiger partial charge in [0.1, 0.15) is 0 Å². The maximum atomic E-state index is 12.5. The van der Waals surface area contributed by atoms with Crippen LogP contribution in [0.25, 0.3) is 0 Å². The number of aliphatic hydroxyl groups is 1. The summed E-state index contributed by atoms with van der Waals surface area (Å²) in [4.78, 5) is 16.5. The number of rotatable bonds is 5. The predicted octanol–water partition coefficient (Wildman–Crippen LogP) is 2.33. The number of carbonyl (C=O) groups is 1. The van der Waals surface area contributed by atoms with Crippen LogP contribution in [0.1, 0.15) is 55.8 Å². The van der Waals surface area contributed by atoms with Crippen molar-refractivity contribution in [1.29, 1.82) is 0 Å². The van der Waals surface area contributed by atoms with Crippen LogP contribution in [-0.4, -0.2) is 34.7 Å². The quantitative estimate of drug-likeness (QED) is 0.728. The molecule has 0 spiro atoms. The lowest BCUT2D eigenvalue weighted by Gasteiger charge is -2.22. The number of anilines is 1. The van der Waals surface area contributed by atoms with Crippen LogP contribution in [0.5, 0.6) is 0 Å². The fourth-order valence-electron chi connectivity index (χ4n) is 2.70. The highest BCUT2D eigenvalue weighted by Gasteiger charge is 2.24. The van der Waals surface area contributed by atoms with Crippen LogP contribution in [0, 0.1) is 0 Å². The van der Waals surface area contributed by atoms with Gasteiger partial charge in [0.25, 0.3) is 5.91 Å². The molecule has 2 rings (SSSR count). The SMILES string of the molecule is CCCNc1cnccc1C(=O)NC1CCCCCC1O. The van der Waals surface area contributed by atoms with Crippen molar-refractivity contribution in [3.63, 3.8) is 0 Å². The molecule has 1 saturated carbocycles. The van der Waals surface area contributed by atoms with Gasteiger partial charge in [-0.1, -0.05) is 26.2 Å². The van der Waals surface area contributed by atoms with Crippen molar-refractivity contribution < 1.29 is 9.90 Å². The molecule has 116 valence electrons. The van der Waals surface area contributed by atoms with Crippen molar-refractivity contribution in [2.45, 2.75) is 57.6 Å². The number of amides is 1. The van der Waals surface area contributed by atoms with E-state index in [1.54, 1.807) is 18.5 Å². The zero-order valence-corrected chi connectivity index (χ0v) is 12.6. The summed E-state index contributed by atoms with van der Waals surface area (Å²) in [7, 11) is 0. The van der Waals surface area contributed by atoms with Gasteiger partial charge in [-0.25, -0.2) is 0 Å². The molecule has 1 amide bonds. The lowest BCUT2D eigenvalue weighted by molar-refractivity contribution is 0.0819. The minimum atomic E-state index is -0.440. The van der Waals surface area contributed by atoms with Crippen molar-refractivity contribution in [3.8, 4) is 0 Å². The highest BCUT2D eigenvalue weighted by atomic mass is 16.3. The Labute approximate surface area is 126 Å². The molecule has 0 bridgehead atoms. The summed E-state index contributed by atoms with van der Waals surface area (Å²) in [5, 5.41) is 16.3. The number of pyridine rings is 1. The Balaban J connectivity index is 2.05. The van der Waals surface area contributed by atoms with Crippen LogP contribution in [0.15, 0.2) is 18.5 Å². The standard InChI is InChI=1S/C16H25N3O2/c1-2-9-18-14-11-17-10-8-12(14)16(21)19-13-6-4-3-5-7-15(13)20/h8,10-11,13,15,18,20H,2-7,9H2,1H3,(H,19,21). The van der Waals surface area contributed by atoms with Gasteiger partial charge in [-0.3, -0.25) is 9.78 Å². The number of hydrogen-bond acceptors (Lipinski definition) is 4. The molecule has 0 radical (unpaired) electrons. The first-order chi connectivity index (χ1) is 10.2. The summed E-state index contributed by atoms with van der Waals surface area (Å²) in [6, 6.07) is 1.57. The fraction of sp³-hybridized carbons (Fsp3) is 0.625. The van der Waals surface area contributed by atoms with Crippen molar-refractivity contribution in [2.75, 3.05) is 11.9 Å². The Morgan fingerprint density at radius 2 is 2.19 bits per heavy atom. The molecule has 3 N–H and O–H groups in total. The van der Waals surface area contributed by atoms with Gasteiger partial charge in [0, 0.05) is 12.7 Å². The first-order valence-electron chi connectivity index (χ1n) is 7.89. The average Bonchev–Trinajstić information content (AvgIpc) is 2.70. The topological polar surface area (TPSA) is 74.2 Å². The second-order valence-electron chi connectivity index (χ2n) is 5.63. The first-order valence-corrected chi connectivity index (χ1v) is 7.89. The molecule has 1 aliphatic carbocycles. The largest absolute Gasteiger partial charge is 0.391 e. The summed E-state index contributed by atoms with van der Waals surface area (Å²) in [6.45, 7) is 2.88. The molecule has 1 heterocycles. The van der Waals surface area contributed by atoms with E-state index in [2.05, 4.69) is 22.5 Å². The molecule has 5 heteroatoms. The Morgan fingerprint density at radius 3 is 3.00 bits per heavy atom. The van der Waals surface area contributed by atoms with E-state index in [-0.39, 0.29) is 11.9 Å². The lowest BCUT2D eigenvalue weighted by Crippen LogP contribution is -2.42. The molecular weight excluding hydrogens is 266 g/mol. The van der Waals surface area contributed by atoms with E-state index in [0.717, 1.165) is 50.8 Å². The van der Waals surface area contributed by atoms with Crippen LogP contribution >= 0.6 is 0 Å². The van der Waals surface area contributed by atoms with Crippen LogP contribution in [0.2, 0.25) is 0 Å². The van der Waals surface area contributed by atoms with Crippen molar-refractivity contribution >= 4 is 11.6 Å². The molecule has 5 nitrogen and oxygen atoms in total. The molecule has 21 heavy (non-hydrogen) atoms. The summed E-state index contributed by atoms with van der Waals surface area (Å²) >= 11 is 0. The van der Waals surface area contributed by atoms with Gasteiger partial charge in [0.2, 0.25) is 0 Å². The zero-order valence-electron chi connectivity index (χ0n) is 12.6. The van der Waals surface area contributed by atoms with E-state index in [0.29, 0.717) is 5.56 Å². The Bertz CT molecular complexity index is 465. The second kappa shape index (κ2) is 7.98. The van der Waals surface area contributed by atoms with Gasteiger partial charge < -0.3 is 15.7 Å². The Kier molecular flexibility index (Phi) is 5.99. The van der Waals surface area contributed by atoms with Crippen LogP contribution in [0.4, 0.5) is 5.69 Å². The smallest absolute Gasteiger partial charge is 0.253 e. The number of aliphatic hydroxyl groups excluding tert-OH is 1. The van der Waals surface area contributed by atoms with Crippen LogP contribution in [-0.2, 0) is 0 Å². The van der Waals surface area contributed by atoms with Crippen LogP contribution < -0.4 is 10.6 Å². The maximum absolute atomic E-state index is 12.5. The predicted molar refractivity (Wildman–Crippen MR) is 83.4 cm³/mol. The molecule has 1 aromatic rings. The Morgan fingerprint density at radius 1 is 1.38 bits per heavy atom. The highest BCUT2D eigenvalue weighted by Crippen LogP contribution is 2.19. The van der Waals surface area contributed by atoms with E-state index >= 15 is 0 Å². The number of carbonyl (C=O) groups excluding carboxylic acids is 1. The summed E-state index contributed by atoms with van der Waals surface area (Å²) in [5.41, 5.74) is 1.34. The molecule has 1 aliphatic rings. The monoisotopic (exact) mass is 291 g/mol. The van der Waals surface area contributed by atoms with Gasteiger partial charge >= 0.3 is 0 Å². The van der Waals surface area contributed by atoms with E-state index in [4.69, 9.17) is 0 Å². The summed E-state index contributed by atoms with van der Waals surface area (Å²) in [6.07, 6.45) is 8.66. The molecule has 1 fully saturated rings. The lowest BCUT2D eigenvalue weighted by atomic mass is 10.1. The highest BCUT2D eigenvalue weighted by molar-refractivity contribution is 5.99. The molecule has 1 aromatic heterocycles. The van der Waals surface area contributed by atoms with Crippen molar-refractivity contribution in [2.24, 2.45) is 0 Å².